The molecule has 6 nitrogen and oxygen atoms in total. The number of anilines is 1. The van der Waals surface area contributed by atoms with Crippen LogP contribution in [0.4, 0.5) is 5.69 Å². The van der Waals surface area contributed by atoms with Crippen molar-refractivity contribution in [1.82, 2.24) is 0 Å². The molecule has 0 aromatic heterocycles. The number of esters is 1. The van der Waals surface area contributed by atoms with Gasteiger partial charge in [-0.25, -0.2) is 8.42 Å². The first-order valence-corrected chi connectivity index (χ1v) is 8.12. The average Bonchev–Trinajstić information content (AvgIpc) is 2.96. The van der Waals surface area contributed by atoms with E-state index < -0.39 is 27.2 Å². The summed E-state index contributed by atoms with van der Waals surface area (Å²) in [5.74, 6) is -1.12. The monoisotopic (exact) mass is 308 g/mol. The van der Waals surface area contributed by atoms with Crippen LogP contribution < -0.4 is 4.72 Å². The van der Waals surface area contributed by atoms with Gasteiger partial charge in [-0.3, -0.25) is 9.52 Å². The molecule has 21 heavy (non-hydrogen) atoms. The summed E-state index contributed by atoms with van der Waals surface area (Å²) in [5, 5.41) is 8.03. The molecule has 2 atom stereocenters. The Kier molecular flexibility index (Phi) is 4.48. The lowest BCUT2D eigenvalue weighted by molar-refractivity contribution is -0.145. The van der Waals surface area contributed by atoms with Crippen LogP contribution in [0.5, 0.6) is 0 Å². The Balaban J connectivity index is 2.21. The Bertz CT molecular complexity index is 678. The zero-order valence-corrected chi connectivity index (χ0v) is 12.4. The Morgan fingerprint density at radius 3 is 2.86 bits per heavy atom. The normalized spacial score (nSPS) is 21.5. The summed E-state index contributed by atoms with van der Waals surface area (Å²) in [6, 6.07) is 8.17. The molecule has 0 saturated heterocycles. The Morgan fingerprint density at radius 1 is 1.43 bits per heavy atom. The summed E-state index contributed by atoms with van der Waals surface area (Å²) >= 11 is 0. The minimum Gasteiger partial charge on any atom is -0.469 e. The van der Waals surface area contributed by atoms with Crippen molar-refractivity contribution in [1.29, 1.82) is 5.26 Å². The number of hydrogen-bond acceptors (Lipinski definition) is 5. The Labute approximate surface area is 123 Å². The van der Waals surface area contributed by atoms with Crippen molar-refractivity contribution in [3.8, 4) is 6.07 Å². The van der Waals surface area contributed by atoms with Gasteiger partial charge in [0.1, 0.15) is 0 Å². The van der Waals surface area contributed by atoms with Crippen molar-refractivity contribution < 1.29 is 17.9 Å². The second kappa shape index (κ2) is 6.14. The number of benzene rings is 1. The van der Waals surface area contributed by atoms with Crippen molar-refractivity contribution in [2.75, 3.05) is 11.8 Å². The van der Waals surface area contributed by atoms with Crippen molar-refractivity contribution in [2.45, 2.75) is 24.5 Å². The predicted octanol–water partition coefficient (Wildman–Crippen LogP) is 1.64. The highest BCUT2D eigenvalue weighted by Crippen LogP contribution is 2.33. The highest BCUT2D eigenvalue weighted by molar-refractivity contribution is 7.93. The molecule has 0 spiro atoms. The minimum absolute atomic E-state index is 0.324. The molecule has 112 valence electrons. The average molecular weight is 308 g/mol. The van der Waals surface area contributed by atoms with E-state index in [1.165, 1.54) is 13.2 Å². The van der Waals surface area contributed by atoms with Gasteiger partial charge in [-0.05, 0) is 31.0 Å². The first-order valence-electron chi connectivity index (χ1n) is 6.57. The van der Waals surface area contributed by atoms with E-state index in [9.17, 15) is 13.2 Å². The molecular formula is C14H16N2O4S. The summed E-state index contributed by atoms with van der Waals surface area (Å²) in [6.45, 7) is 0. The maximum atomic E-state index is 12.4. The maximum Gasteiger partial charge on any atom is 0.310 e. The fraction of sp³-hybridized carbons (Fsp3) is 0.429. The van der Waals surface area contributed by atoms with Crippen molar-refractivity contribution in [3.05, 3.63) is 29.8 Å². The second-order valence-electron chi connectivity index (χ2n) is 4.94. The SMILES string of the molecule is COC(=O)C1CCCC1S(=O)(=O)Nc1cccc(C#N)c1. The second-order valence-corrected chi connectivity index (χ2v) is 6.84. The quantitative estimate of drug-likeness (QED) is 0.853. The van der Waals surface area contributed by atoms with Crippen molar-refractivity contribution in [3.63, 3.8) is 0 Å². The van der Waals surface area contributed by atoms with E-state index in [1.54, 1.807) is 18.2 Å². The van der Waals surface area contributed by atoms with E-state index >= 15 is 0 Å². The summed E-state index contributed by atoms with van der Waals surface area (Å²) in [7, 11) is -2.44. The molecule has 0 heterocycles. The minimum atomic E-state index is -3.70. The standard InChI is InChI=1S/C14H16N2O4S/c1-20-14(17)12-6-3-7-13(12)21(18,19)16-11-5-2-4-10(8-11)9-15/h2,4-5,8,12-13,16H,3,6-7H2,1H3. The van der Waals surface area contributed by atoms with Gasteiger partial charge >= 0.3 is 5.97 Å². The molecule has 1 aliphatic carbocycles. The smallest absolute Gasteiger partial charge is 0.310 e. The van der Waals surface area contributed by atoms with E-state index in [1.807, 2.05) is 6.07 Å². The Hall–Kier alpha value is -2.07. The predicted molar refractivity (Wildman–Crippen MR) is 76.8 cm³/mol. The molecule has 0 bridgehead atoms. The molecule has 2 unspecified atom stereocenters. The molecule has 1 aromatic carbocycles. The highest BCUT2D eigenvalue weighted by Gasteiger charge is 2.42. The number of rotatable bonds is 4. The molecule has 1 saturated carbocycles. The number of hydrogen-bond donors (Lipinski definition) is 1. The van der Waals surface area contributed by atoms with Gasteiger partial charge in [-0.2, -0.15) is 5.26 Å². The topological polar surface area (TPSA) is 96.3 Å². The molecule has 1 aromatic rings. The molecule has 1 N–H and O–H groups in total. The number of nitrogens with one attached hydrogen (secondary N) is 1. The number of nitrogens with zero attached hydrogens (tertiary/aromatic N) is 1. The third kappa shape index (κ3) is 3.34. The third-order valence-electron chi connectivity index (χ3n) is 3.61. The fourth-order valence-corrected chi connectivity index (χ4v) is 4.37. The molecule has 1 fully saturated rings. The number of nitriles is 1. The van der Waals surface area contributed by atoms with Crippen LogP contribution in [-0.4, -0.2) is 26.7 Å². The lowest BCUT2D eigenvalue weighted by atomic mass is 10.1. The van der Waals surface area contributed by atoms with Crippen LogP contribution in [0.25, 0.3) is 0 Å². The van der Waals surface area contributed by atoms with Crippen LogP contribution in [0.3, 0.4) is 0 Å². The Morgan fingerprint density at radius 2 is 2.19 bits per heavy atom. The van der Waals surface area contributed by atoms with Crippen LogP contribution in [0.1, 0.15) is 24.8 Å². The zero-order valence-electron chi connectivity index (χ0n) is 11.6. The largest absolute Gasteiger partial charge is 0.469 e. The van der Waals surface area contributed by atoms with Crippen LogP contribution in [-0.2, 0) is 19.6 Å². The van der Waals surface area contributed by atoms with Gasteiger partial charge in [0.05, 0.1) is 29.9 Å². The van der Waals surface area contributed by atoms with E-state index in [0.29, 0.717) is 30.5 Å². The van der Waals surface area contributed by atoms with Gasteiger partial charge in [-0.1, -0.05) is 12.5 Å². The number of carbonyl (C=O) groups excluding carboxylic acids is 1. The summed E-state index contributed by atoms with van der Waals surface area (Å²) in [6.07, 6.45) is 1.60. The van der Waals surface area contributed by atoms with Crippen LogP contribution >= 0.6 is 0 Å². The van der Waals surface area contributed by atoms with E-state index in [4.69, 9.17) is 5.26 Å². The van der Waals surface area contributed by atoms with Gasteiger partial charge in [0.2, 0.25) is 10.0 Å². The number of carbonyl (C=O) groups is 1. The molecular weight excluding hydrogens is 292 g/mol. The van der Waals surface area contributed by atoms with Gasteiger partial charge in [0, 0.05) is 5.69 Å². The first-order chi connectivity index (χ1) is 9.97. The first kappa shape index (κ1) is 15.3. The molecule has 0 amide bonds. The van der Waals surface area contributed by atoms with Gasteiger partial charge < -0.3 is 4.74 Å². The van der Waals surface area contributed by atoms with Crippen LogP contribution in [0.2, 0.25) is 0 Å². The number of ether oxygens (including phenoxy) is 1. The van der Waals surface area contributed by atoms with Crippen LogP contribution in [0, 0.1) is 17.2 Å². The van der Waals surface area contributed by atoms with Crippen molar-refractivity contribution in [2.24, 2.45) is 5.92 Å². The molecule has 2 rings (SSSR count). The van der Waals surface area contributed by atoms with Crippen molar-refractivity contribution >= 4 is 21.7 Å². The maximum absolute atomic E-state index is 12.4. The van der Waals surface area contributed by atoms with Gasteiger partial charge in [-0.15, -0.1) is 0 Å². The molecule has 0 aliphatic heterocycles. The van der Waals surface area contributed by atoms with E-state index in [-0.39, 0.29) is 0 Å². The number of sulfonamides is 1. The lowest BCUT2D eigenvalue weighted by Crippen LogP contribution is -2.35. The van der Waals surface area contributed by atoms with Crippen LogP contribution in [0.15, 0.2) is 24.3 Å². The fourth-order valence-electron chi connectivity index (χ4n) is 2.61. The third-order valence-corrected chi connectivity index (χ3v) is 5.49. The van der Waals surface area contributed by atoms with Gasteiger partial charge in [0.15, 0.2) is 0 Å². The summed E-state index contributed by atoms with van der Waals surface area (Å²) < 4.78 is 32.0. The van der Waals surface area contributed by atoms with E-state index in [0.717, 1.165) is 0 Å². The molecule has 1 aliphatic rings. The molecule has 7 heteroatoms. The summed E-state index contributed by atoms with van der Waals surface area (Å²) in [4.78, 5) is 11.7. The zero-order chi connectivity index (χ0) is 15.5. The number of methoxy groups -OCH3 is 1. The van der Waals surface area contributed by atoms with E-state index in [2.05, 4.69) is 9.46 Å². The lowest BCUT2D eigenvalue weighted by Gasteiger charge is -2.19. The van der Waals surface area contributed by atoms with Gasteiger partial charge in [0.25, 0.3) is 0 Å². The highest BCUT2D eigenvalue weighted by atomic mass is 32.2. The summed E-state index contributed by atoms with van der Waals surface area (Å²) in [5.41, 5.74) is 0.690. The molecule has 0 radical (unpaired) electrons.